The molecule has 1 aromatic carbocycles. The second-order valence-electron chi connectivity index (χ2n) is 7.86. The van der Waals surface area contributed by atoms with Crippen molar-refractivity contribution in [2.45, 2.75) is 25.5 Å². The Balaban J connectivity index is 1.52. The minimum absolute atomic E-state index is 0.0234. The number of rotatable bonds is 6. The van der Waals surface area contributed by atoms with E-state index in [4.69, 9.17) is 9.26 Å². The summed E-state index contributed by atoms with van der Waals surface area (Å²) in [5.74, 6) is -0.354. The second-order valence-corrected chi connectivity index (χ2v) is 7.86. The van der Waals surface area contributed by atoms with Gasteiger partial charge in [-0.1, -0.05) is 23.4 Å². The molecular formula is C23H22F2N6O2. The van der Waals surface area contributed by atoms with Gasteiger partial charge < -0.3 is 14.2 Å². The predicted octanol–water partition coefficient (Wildman–Crippen LogP) is 3.94. The van der Waals surface area contributed by atoms with Crippen LogP contribution >= 0.6 is 0 Å². The van der Waals surface area contributed by atoms with Crippen molar-refractivity contribution in [1.29, 1.82) is 0 Å². The summed E-state index contributed by atoms with van der Waals surface area (Å²) in [6.07, 6.45) is 4.43. The molecule has 4 heterocycles. The van der Waals surface area contributed by atoms with Crippen LogP contribution in [0.25, 0.3) is 22.9 Å². The fourth-order valence-electron chi connectivity index (χ4n) is 4.01. The summed E-state index contributed by atoms with van der Waals surface area (Å²) in [5.41, 5.74) is 2.03. The highest BCUT2D eigenvalue weighted by Crippen LogP contribution is 2.28. The average molecular weight is 452 g/mol. The molecule has 0 radical (unpaired) electrons. The number of benzene rings is 1. The van der Waals surface area contributed by atoms with E-state index in [2.05, 4.69) is 20.2 Å². The molecule has 0 aliphatic carbocycles. The van der Waals surface area contributed by atoms with Crippen LogP contribution in [0, 0.1) is 11.6 Å². The molecule has 8 nitrogen and oxygen atoms in total. The fraction of sp³-hybridized carbons (Fsp3) is 0.304. The summed E-state index contributed by atoms with van der Waals surface area (Å²) in [5, 5.41) is 8.59. The Hall–Kier alpha value is -3.66. The third-order valence-corrected chi connectivity index (χ3v) is 5.72. The Kier molecular flexibility index (Phi) is 5.82. The van der Waals surface area contributed by atoms with Crippen LogP contribution in [0.1, 0.15) is 18.4 Å². The van der Waals surface area contributed by atoms with Gasteiger partial charge in [0, 0.05) is 31.8 Å². The summed E-state index contributed by atoms with van der Waals surface area (Å²) >= 11 is 0. The molecule has 0 N–H and O–H groups in total. The SMILES string of the molecule is COC1CCCN(c2nc(-c3cc(-c4ccon4)n(Cc4ccccc4F)n3)ncc2F)C1. The minimum Gasteiger partial charge on any atom is -0.380 e. The van der Waals surface area contributed by atoms with Gasteiger partial charge in [-0.25, -0.2) is 18.7 Å². The number of hydrogen-bond donors (Lipinski definition) is 0. The van der Waals surface area contributed by atoms with Crippen molar-refractivity contribution < 1.29 is 18.0 Å². The van der Waals surface area contributed by atoms with Crippen LogP contribution < -0.4 is 4.90 Å². The molecule has 1 fully saturated rings. The zero-order valence-corrected chi connectivity index (χ0v) is 18.0. The maximum Gasteiger partial charge on any atom is 0.183 e. The summed E-state index contributed by atoms with van der Waals surface area (Å²) in [4.78, 5) is 10.5. The van der Waals surface area contributed by atoms with Gasteiger partial charge in [0.15, 0.2) is 17.5 Å². The molecule has 0 amide bonds. The van der Waals surface area contributed by atoms with Gasteiger partial charge in [0.1, 0.15) is 23.5 Å². The fourth-order valence-corrected chi connectivity index (χ4v) is 4.01. The number of piperidine rings is 1. The van der Waals surface area contributed by atoms with E-state index in [1.807, 2.05) is 4.90 Å². The highest BCUT2D eigenvalue weighted by Gasteiger charge is 2.25. The lowest BCUT2D eigenvalue weighted by atomic mass is 10.1. The van der Waals surface area contributed by atoms with Crippen LogP contribution in [-0.4, -0.2) is 51.2 Å². The molecule has 0 bridgehead atoms. The van der Waals surface area contributed by atoms with E-state index in [0.29, 0.717) is 35.7 Å². The number of hydrogen-bond acceptors (Lipinski definition) is 7. The summed E-state index contributed by atoms with van der Waals surface area (Å²) < 4.78 is 41.0. The van der Waals surface area contributed by atoms with Gasteiger partial charge in [-0.3, -0.25) is 4.68 Å². The first-order valence-corrected chi connectivity index (χ1v) is 10.6. The quantitative estimate of drug-likeness (QED) is 0.438. The molecule has 1 saturated heterocycles. The molecule has 1 unspecified atom stereocenters. The van der Waals surface area contributed by atoms with Crippen molar-refractivity contribution in [3.63, 3.8) is 0 Å². The van der Waals surface area contributed by atoms with Gasteiger partial charge in [0.2, 0.25) is 0 Å². The highest BCUT2D eigenvalue weighted by molar-refractivity contribution is 5.63. The topological polar surface area (TPSA) is 82.1 Å². The lowest BCUT2D eigenvalue weighted by Gasteiger charge is -2.32. The Morgan fingerprint density at radius 3 is 2.82 bits per heavy atom. The van der Waals surface area contributed by atoms with E-state index >= 15 is 0 Å². The van der Waals surface area contributed by atoms with Crippen LogP contribution in [0.4, 0.5) is 14.6 Å². The molecule has 0 saturated carbocycles. The van der Waals surface area contributed by atoms with Crippen molar-refractivity contribution in [2.24, 2.45) is 0 Å². The van der Waals surface area contributed by atoms with E-state index in [-0.39, 0.29) is 30.1 Å². The molecule has 0 spiro atoms. The smallest absolute Gasteiger partial charge is 0.183 e. The number of nitrogens with zero attached hydrogens (tertiary/aromatic N) is 6. The first-order valence-electron chi connectivity index (χ1n) is 10.6. The largest absolute Gasteiger partial charge is 0.380 e. The average Bonchev–Trinajstić information content (AvgIpc) is 3.51. The van der Waals surface area contributed by atoms with E-state index in [0.717, 1.165) is 19.0 Å². The molecule has 1 aliphatic heterocycles. The summed E-state index contributed by atoms with van der Waals surface area (Å²) in [6, 6.07) is 9.92. The highest BCUT2D eigenvalue weighted by atomic mass is 19.1. The van der Waals surface area contributed by atoms with Gasteiger partial charge in [-0.15, -0.1) is 0 Å². The summed E-state index contributed by atoms with van der Waals surface area (Å²) in [6.45, 7) is 1.40. The van der Waals surface area contributed by atoms with Gasteiger partial charge in [0.05, 0.1) is 24.5 Å². The third-order valence-electron chi connectivity index (χ3n) is 5.72. The van der Waals surface area contributed by atoms with Crippen molar-refractivity contribution in [2.75, 3.05) is 25.1 Å². The van der Waals surface area contributed by atoms with Crippen molar-refractivity contribution in [3.05, 3.63) is 66.1 Å². The van der Waals surface area contributed by atoms with Crippen LogP contribution in [-0.2, 0) is 11.3 Å². The maximum atomic E-state index is 14.6. The molecule has 1 atom stereocenters. The Labute approximate surface area is 188 Å². The third kappa shape index (κ3) is 4.34. The monoisotopic (exact) mass is 452 g/mol. The molecule has 170 valence electrons. The first kappa shape index (κ1) is 21.2. The number of anilines is 1. The first-order chi connectivity index (χ1) is 16.1. The van der Waals surface area contributed by atoms with Gasteiger partial charge in [0.25, 0.3) is 0 Å². The maximum absolute atomic E-state index is 14.6. The van der Waals surface area contributed by atoms with Crippen LogP contribution in [0.5, 0.6) is 0 Å². The lowest BCUT2D eigenvalue weighted by molar-refractivity contribution is 0.0889. The molecule has 33 heavy (non-hydrogen) atoms. The van der Waals surface area contributed by atoms with Gasteiger partial charge in [-0.05, 0) is 25.0 Å². The Bertz CT molecular complexity index is 1240. The number of aromatic nitrogens is 5. The predicted molar refractivity (Wildman–Crippen MR) is 116 cm³/mol. The van der Waals surface area contributed by atoms with Crippen LogP contribution in [0.2, 0.25) is 0 Å². The zero-order chi connectivity index (χ0) is 22.8. The molecular weight excluding hydrogens is 430 g/mol. The van der Waals surface area contributed by atoms with Crippen LogP contribution in [0.15, 0.2) is 53.4 Å². The normalized spacial score (nSPS) is 16.3. The zero-order valence-electron chi connectivity index (χ0n) is 18.0. The van der Waals surface area contributed by atoms with E-state index in [9.17, 15) is 8.78 Å². The van der Waals surface area contributed by atoms with Gasteiger partial charge in [-0.2, -0.15) is 5.10 Å². The van der Waals surface area contributed by atoms with E-state index < -0.39 is 5.82 Å². The number of ether oxygens (including phenoxy) is 1. The van der Waals surface area contributed by atoms with Crippen molar-refractivity contribution in [3.8, 4) is 22.9 Å². The van der Waals surface area contributed by atoms with Crippen molar-refractivity contribution in [1.82, 2.24) is 24.9 Å². The Morgan fingerprint density at radius 1 is 1.15 bits per heavy atom. The molecule has 5 rings (SSSR count). The van der Waals surface area contributed by atoms with Crippen molar-refractivity contribution >= 4 is 5.82 Å². The molecule has 1 aliphatic rings. The Morgan fingerprint density at radius 2 is 2.03 bits per heavy atom. The number of methoxy groups -OCH3 is 1. The minimum atomic E-state index is -0.502. The van der Waals surface area contributed by atoms with Gasteiger partial charge >= 0.3 is 0 Å². The number of halogens is 2. The second kappa shape index (κ2) is 9.07. The molecule has 4 aromatic rings. The summed E-state index contributed by atoms with van der Waals surface area (Å²) in [7, 11) is 1.66. The van der Waals surface area contributed by atoms with E-state index in [1.54, 1.807) is 42.1 Å². The lowest BCUT2D eigenvalue weighted by Crippen LogP contribution is -2.40. The van der Waals surface area contributed by atoms with E-state index in [1.165, 1.54) is 12.3 Å². The molecule has 3 aromatic heterocycles. The van der Waals surface area contributed by atoms with Crippen LogP contribution in [0.3, 0.4) is 0 Å². The molecule has 10 heteroatoms. The standard InChI is InChI=1S/C23H22F2N6O2/c1-32-16-6-4-9-30(14-16)23-18(25)12-26-22(27-23)20-11-21(19-8-10-33-29-19)31(28-20)13-15-5-2-3-7-17(15)24/h2-3,5,7-8,10-12,16H,4,6,9,13-14H2,1H3.